The van der Waals surface area contributed by atoms with Gasteiger partial charge in [-0.2, -0.15) is 0 Å². The van der Waals surface area contributed by atoms with Crippen LogP contribution in [0.25, 0.3) is 0 Å². The molecule has 2 rings (SSSR count). The molecule has 0 saturated heterocycles. The second-order valence-corrected chi connectivity index (χ2v) is 4.80. The largest absolute Gasteiger partial charge is 0.311 e. The van der Waals surface area contributed by atoms with Gasteiger partial charge in [-0.1, -0.05) is 41.4 Å². The molecule has 18 heavy (non-hydrogen) atoms. The van der Waals surface area contributed by atoms with E-state index in [2.05, 4.69) is 10.3 Å². The van der Waals surface area contributed by atoms with Crippen molar-refractivity contribution in [2.75, 3.05) is 7.05 Å². The third-order valence-corrected chi connectivity index (χ3v) is 3.71. The van der Waals surface area contributed by atoms with Crippen LogP contribution in [0.15, 0.2) is 42.6 Å². The van der Waals surface area contributed by atoms with Crippen LogP contribution in [0.3, 0.4) is 0 Å². The molecular weight excluding hydrogens is 267 g/mol. The van der Waals surface area contributed by atoms with E-state index in [4.69, 9.17) is 23.2 Å². The third kappa shape index (κ3) is 3.02. The van der Waals surface area contributed by atoms with E-state index in [0.717, 1.165) is 17.7 Å². The lowest BCUT2D eigenvalue weighted by molar-refractivity contribution is 0.576. The number of benzene rings is 1. The first-order valence-electron chi connectivity index (χ1n) is 5.73. The molecule has 0 radical (unpaired) electrons. The molecule has 4 heteroatoms. The van der Waals surface area contributed by atoms with Gasteiger partial charge in [0, 0.05) is 6.20 Å². The molecule has 1 atom stereocenters. The summed E-state index contributed by atoms with van der Waals surface area (Å²) >= 11 is 12.2. The molecule has 0 spiro atoms. The summed E-state index contributed by atoms with van der Waals surface area (Å²) in [7, 11) is 1.91. The molecular formula is C14H14Cl2N2. The highest BCUT2D eigenvalue weighted by Gasteiger charge is 2.14. The number of aromatic nitrogens is 1. The lowest BCUT2D eigenvalue weighted by atomic mass is 10.0. The molecule has 1 aromatic carbocycles. The van der Waals surface area contributed by atoms with Crippen molar-refractivity contribution in [2.45, 2.75) is 12.5 Å². The molecule has 0 amide bonds. The topological polar surface area (TPSA) is 24.9 Å². The van der Waals surface area contributed by atoms with Gasteiger partial charge in [0.05, 0.1) is 21.8 Å². The van der Waals surface area contributed by atoms with Crippen LogP contribution >= 0.6 is 23.2 Å². The van der Waals surface area contributed by atoms with E-state index < -0.39 is 0 Å². The first-order valence-corrected chi connectivity index (χ1v) is 6.49. The lowest BCUT2D eigenvalue weighted by Crippen LogP contribution is -2.20. The molecule has 2 aromatic rings. The first-order chi connectivity index (χ1) is 8.72. The Kier molecular flexibility index (Phi) is 4.59. The zero-order valence-corrected chi connectivity index (χ0v) is 11.5. The molecule has 0 bridgehead atoms. The van der Waals surface area contributed by atoms with Crippen molar-refractivity contribution < 1.29 is 0 Å². The summed E-state index contributed by atoms with van der Waals surface area (Å²) < 4.78 is 0. The minimum absolute atomic E-state index is 0.127. The van der Waals surface area contributed by atoms with E-state index in [0.29, 0.717) is 10.0 Å². The second kappa shape index (κ2) is 6.19. The minimum Gasteiger partial charge on any atom is -0.311 e. The number of pyridine rings is 1. The van der Waals surface area contributed by atoms with Gasteiger partial charge in [-0.3, -0.25) is 4.98 Å². The maximum absolute atomic E-state index is 6.20. The Morgan fingerprint density at radius 3 is 2.67 bits per heavy atom. The summed E-state index contributed by atoms with van der Waals surface area (Å²) in [5, 5.41) is 4.46. The van der Waals surface area contributed by atoms with Crippen LogP contribution in [0.1, 0.15) is 17.3 Å². The smallest absolute Gasteiger partial charge is 0.0625 e. The van der Waals surface area contributed by atoms with Gasteiger partial charge in [0.25, 0.3) is 0 Å². The Morgan fingerprint density at radius 1 is 1.17 bits per heavy atom. The van der Waals surface area contributed by atoms with E-state index in [1.807, 2.05) is 37.4 Å². The average Bonchev–Trinajstić information content (AvgIpc) is 2.41. The molecule has 1 N–H and O–H groups in total. The molecule has 0 fully saturated rings. The van der Waals surface area contributed by atoms with Crippen molar-refractivity contribution >= 4 is 23.2 Å². The first kappa shape index (κ1) is 13.3. The SMILES string of the molecule is CNC(Cc1cccc(Cl)c1Cl)c1ccccn1. The highest BCUT2D eigenvalue weighted by atomic mass is 35.5. The van der Waals surface area contributed by atoms with Gasteiger partial charge < -0.3 is 5.32 Å². The van der Waals surface area contributed by atoms with Crippen LogP contribution in [-0.4, -0.2) is 12.0 Å². The van der Waals surface area contributed by atoms with Crippen molar-refractivity contribution in [3.63, 3.8) is 0 Å². The summed E-state index contributed by atoms with van der Waals surface area (Å²) in [6, 6.07) is 11.7. The van der Waals surface area contributed by atoms with Gasteiger partial charge in [-0.25, -0.2) is 0 Å². The predicted molar refractivity (Wildman–Crippen MR) is 76.2 cm³/mol. The zero-order valence-electron chi connectivity index (χ0n) is 10.0. The maximum atomic E-state index is 6.20. The summed E-state index contributed by atoms with van der Waals surface area (Å²) in [4.78, 5) is 4.36. The van der Waals surface area contributed by atoms with Crippen molar-refractivity contribution in [2.24, 2.45) is 0 Å². The van der Waals surface area contributed by atoms with Crippen LogP contribution in [0.2, 0.25) is 10.0 Å². The zero-order chi connectivity index (χ0) is 13.0. The standard InChI is InChI=1S/C14H14Cl2N2/c1-17-13(12-7-2-3-8-18-12)9-10-5-4-6-11(15)14(10)16/h2-8,13,17H,9H2,1H3. The quantitative estimate of drug-likeness (QED) is 0.919. The molecule has 1 unspecified atom stereocenters. The molecule has 0 aliphatic heterocycles. The van der Waals surface area contributed by atoms with Crippen molar-refractivity contribution in [1.29, 1.82) is 0 Å². The van der Waals surface area contributed by atoms with Crippen LogP contribution in [-0.2, 0) is 6.42 Å². The van der Waals surface area contributed by atoms with Crippen LogP contribution in [0, 0.1) is 0 Å². The van der Waals surface area contributed by atoms with Crippen molar-refractivity contribution in [3.05, 3.63) is 63.9 Å². The third-order valence-electron chi connectivity index (χ3n) is 2.85. The molecule has 2 nitrogen and oxygen atoms in total. The summed E-state index contributed by atoms with van der Waals surface area (Å²) in [6.07, 6.45) is 2.55. The average molecular weight is 281 g/mol. The number of nitrogens with zero attached hydrogens (tertiary/aromatic N) is 1. The van der Waals surface area contributed by atoms with Gasteiger partial charge in [-0.15, -0.1) is 0 Å². The van der Waals surface area contributed by atoms with E-state index in [1.54, 1.807) is 12.3 Å². The molecule has 94 valence electrons. The number of likely N-dealkylation sites (N-methyl/N-ethyl adjacent to an activating group) is 1. The van der Waals surface area contributed by atoms with Crippen molar-refractivity contribution in [3.8, 4) is 0 Å². The van der Waals surface area contributed by atoms with Gasteiger partial charge in [-0.05, 0) is 37.2 Å². The maximum Gasteiger partial charge on any atom is 0.0625 e. The fourth-order valence-corrected chi connectivity index (χ4v) is 2.26. The van der Waals surface area contributed by atoms with Gasteiger partial charge in [0.1, 0.15) is 0 Å². The van der Waals surface area contributed by atoms with Crippen molar-refractivity contribution in [1.82, 2.24) is 10.3 Å². The number of nitrogens with one attached hydrogen (secondary N) is 1. The van der Waals surface area contributed by atoms with Crippen LogP contribution in [0.4, 0.5) is 0 Å². The summed E-state index contributed by atoms with van der Waals surface area (Å²) in [5.41, 5.74) is 2.02. The number of hydrogen-bond acceptors (Lipinski definition) is 2. The number of rotatable bonds is 4. The Labute approximate surface area is 117 Å². The van der Waals surface area contributed by atoms with Gasteiger partial charge in [0.15, 0.2) is 0 Å². The molecule has 0 aliphatic rings. The second-order valence-electron chi connectivity index (χ2n) is 4.01. The van der Waals surface area contributed by atoms with E-state index >= 15 is 0 Å². The lowest BCUT2D eigenvalue weighted by Gasteiger charge is -2.16. The normalized spacial score (nSPS) is 12.4. The Bertz CT molecular complexity index is 514. The predicted octanol–water partition coefficient (Wildman–Crippen LogP) is 3.89. The molecule has 1 heterocycles. The number of halogens is 2. The van der Waals surface area contributed by atoms with Crippen LogP contribution < -0.4 is 5.32 Å². The summed E-state index contributed by atoms with van der Waals surface area (Å²) in [6.45, 7) is 0. The minimum atomic E-state index is 0.127. The highest BCUT2D eigenvalue weighted by molar-refractivity contribution is 6.42. The van der Waals surface area contributed by atoms with Gasteiger partial charge in [0.2, 0.25) is 0 Å². The highest BCUT2D eigenvalue weighted by Crippen LogP contribution is 2.28. The Morgan fingerprint density at radius 2 is 2.00 bits per heavy atom. The Hall–Kier alpha value is -1.09. The summed E-state index contributed by atoms with van der Waals surface area (Å²) in [5.74, 6) is 0. The monoisotopic (exact) mass is 280 g/mol. The van der Waals surface area contributed by atoms with E-state index in [9.17, 15) is 0 Å². The molecule has 0 aliphatic carbocycles. The number of hydrogen-bond donors (Lipinski definition) is 1. The molecule has 1 aromatic heterocycles. The fourth-order valence-electron chi connectivity index (χ4n) is 1.86. The van der Waals surface area contributed by atoms with E-state index in [-0.39, 0.29) is 6.04 Å². The van der Waals surface area contributed by atoms with E-state index in [1.165, 1.54) is 0 Å². The van der Waals surface area contributed by atoms with Crippen LogP contribution in [0.5, 0.6) is 0 Å². The molecule has 0 saturated carbocycles. The Balaban J connectivity index is 2.24. The fraction of sp³-hybridized carbons (Fsp3) is 0.214. The van der Waals surface area contributed by atoms with Gasteiger partial charge >= 0.3 is 0 Å².